The molecule has 1 aromatic rings. The van der Waals surface area contributed by atoms with Crippen molar-refractivity contribution in [1.82, 2.24) is 0 Å². The number of rotatable bonds is 2. The first kappa shape index (κ1) is 9.27. The monoisotopic (exact) mass is 175 g/mol. The largest absolute Gasteiger partial charge is 0.279 e. The highest BCUT2D eigenvalue weighted by Crippen LogP contribution is 2.06. The van der Waals surface area contributed by atoms with E-state index in [4.69, 9.17) is 0 Å². The van der Waals surface area contributed by atoms with Crippen LogP contribution in [0, 0.1) is 5.70 Å². The van der Waals surface area contributed by atoms with Crippen LogP contribution in [0.3, 0.4) is 0 Å². The van der Waals surface area contributed by atoms with Gasteiger partial charge in [-0.05, 0) is 8.07 Å². The Morgan fingerprint density at radius 1 is 1.08 bits per heavy atom. The van der Waals surface area contributed by atoms with Gasteiger partial charge in [-0.15, -0.1) is 12.1 Å². The van der Waals surface area contributed by atoms with Crippen molar-refractivity contribution < 1.29 is 0 Å². The fraction of sp³-hybridized carbons (Fsp3) is 0.273. The molecule has 0 amide bonds. The van der Waals surface area contributed by atoms with E-state index in [-0.39, 0.29) is 0 Å². The van der Waals surface area contributed by atoms with Crippen molar-refractivity contribution in [3.05, 3.63) is 41.6 Å². The summed E-state index contributed by atoms with van der Waals surface area (Å²) in [6, 6.07) is 10.3. The van der Waals surface area contributed by atoms with Gasteiger partial charge in [-0.25, -0.2) is 6.08 Å². The minimum absolute atomic E-state index is 1.15. The third-order valence-corrected chi connectivity index (χ3v) is 2.48. The van der Waals surface area contributed by atoms with Crippen LogP contribution in [0.2, 0.25) is 19.6 Å². The van der Waals surface area contributed by atoms with Crippen molar-refractivity contribution in [2.24, 2.45) is 0 Å². The zero-order chi connectivity index (χ0) is 9.03. The van der Waals surface area contributed by atoms with Gasteiger partial charge in [0, 0.05) is 0 Å². The Balaban J connectivity index is 2.71. The minimum atomic E-state index is -1.15. The normalized spacial score (nSPS) is 12.2. The minimum Gasteiger partial charge on any atom is -0.279 e. The van der Waals surface area contributed by atoms with E-state index in [0.717, 1.165) is 0 Å². The first-order chi connectivity index (χ1) is 5.58. The first-order valence-electron chi connectivity index (χ1n) is 4.24. The summed E-state index contributed by atoms with van der Waals surface area (Å²) in [4.78, 5) is 0. The highest BCUT2D eigenvalue weighted by molar-refractivity contribution is 6.79. The summed E-state index contributed by atoms with van der Waals surface area (Å²) < 4.78 is 0. The molecule has 0 fully saturated rings. The Labute approximate surface area is 75.9 Å². The van der Waals surface area contributed by atoms with Crippen LogP contribution in [-0.2, 0) is 0 Å². The van der Waals surface area contributed by atoms with E-state index in [1.165, 1.54) is 5.56 Å². The van der Waals surface area contributed by atoms with Crippen LogP contribution in [0.25, 0.3) is 6.08 Å². The van der Waals surface area contributed by atoms with Crippen LogP contribution in [0.4, 0.5) is 0 Å². The van der Waals surface area contributed by atoms with Crippen LogP contribution >= 0.6 is 0 Å². The molecule has 1 heteroatoms. The number of hydrogen-bond donors (Lipinski definition) is 0. The number of benzene rings is 1. The molecule has 0 aliphatic heterocycles. The van der Waals surface area contributed by atoms with Crippen LogP contribution in [-0.4, -0.2) is 8.07 Å². The molecule has 1 rings (SSSR count). The third kappa shape index (κ3) is 3.53. The highest BCUT2D eigenvalue weighted by Gasteiger charge is 1.97. The average Bonchev–Trinajstić information content (AvgIpc) is 2.02. The maximum atomic E-state index is 3.45. The van der Waals surface area contributed by atoms with Crippen LogP contribution in [0.1, 0.15) is 5.56 Å². The van der Waals surface area contributed by atoms with Crippen molar-refractivity contribution >= 4 is 14.1 Å². The summed E-state index contributed by atoms with van der Waals surface area (Å²) in [6.07, 6.45) is 2.10. The Bertz CT molecular complexity index is 254. The molecule has 0 N–H and O–H groups in total. The fourth-order valence-corrected chi connectivity index (χ4v) is 1.45. The van der Waals surface area contributed by atoms with Gasteiger partial charge in [0.05, 0.1) is 0 Å². The smallest absolute Gasteiger partial charge is 0.0271 e. The molecule has 0 bridgehead atoms. The Hall–Kier alpha value is -0.823. The average molecular weight is 175 g/mol. The van der Waals surface area contributed by atoms with Gasteiger partial charge in [0.2, 0.25) is 0 Å². The standard InChI is InChI=1S/C11H15Si/c1-12(2,3)10-9-11-7-5-4-6-8-11/h4-9H,1-3H3/q-1. The first-order valence-corrected chi connectivity index (χ1v) is 7.74. The van der Waals surface area contributed by atoms with Gasteiger partial charge >= 0.3 is 0 Å². The van der Waals surface area contributed by atoms with Gasteiger partial charge in [0.1, 0.15) is 0 Å². The van der Waals surface area contributed by atoms with Crippen molar-refractivity contribution in [3.63, 3.8) is 0 Å². The molecule has 0 heterocycles. The lowest BCUT2D eigenvalue weighted by molar-refractivity contribution is 1.65. The molecule has 12 heavy (non-hydrogen) atoms. The van der Waals surface area contributed by atoms with E-state index in [0.29, 0.717) is 0 Å². The van der Waals surface area contributed by atoms with Crippen molar-refractivity contribution in [1.29, 1.82) is 0 Å². The number of hydrogen-bond acceptors (Lipinski definition) is 0. The summed E-state index contributed by atoms with van der Waals surface area (Å²) in [5, 5.41) is 0. The van der Waals surface area contributed by atoms with E-state index in [9.17, 15) is 0 Å². The maximum absolute atomic E-state index is 3.45. The zero-order valence-corrected chi connectivity index (χ0v) is 8.96. The summed E-state index contributed by atoms with van der Waals surface area (Å²) in [7, 11) is -1.15. The summed E-state index contributed by atoms with van der Waals surface area (Å²) in [6.45, 7) is 6.85. The quantitative estimate of drug-likeness (QED) is 0.477. The molecule has 0 radical (unpaired) electrons. The fourth-order valence-electron chi connectivity index (χ4n) is 0.849. The predicted molar refractivity (Wildman–Crippen MR) is 57.5 cm³/mol. The SMILES string of the molecule is C[Si](C)(C)[C-]=Cc1ccccc1. The van der Waals surface area contributed by atoms with Crippen molar-refractivity contribution in [2.75, 3.05) is 0 Å². The molecule has 0 saturated carbocycles. The van der Waals surface area contributed by atoms with E-state index >= 15 is 0 Å². The predicted octanol–water partition coefficient (Wildman–Crippen LogP) is 3.38. The van der Waals surface area contributed by atoms with E-state index in [2.05, 4.69) is 55.7 Å². The molecule has 1 aromatic carbocycles. The lowest BCUT2D eigenvalue weighted by Gasteiger charge is -2.17. The molecule has 0 aliphatic rings. The second-order valence-electron chi connectivity index (χ2n) is 3.95. The van der Waals surface area contributed by atoms with Gasteiger partial charge in [0.25, 0.3) is 0 Å². The molecule has 0 atom stereocenters. The van der Waals surface area contributed by atoms with E-state index in [1.54, 1.807) is 0 Å². The Kier molecular flexibility index (Phi) is 2.87. The second-order valence-corrected chi connectivity index (χ2v) is 8.74. The lowest BCUT2D eigenvalue weighted by Crippen LogP contribution is -2.16. The molecule has 0 nitrogen and oxygen atoms in total. The highest BCUT2D eigenvalue weighted by atomic mass is 28.3. The van der Waals surface area contributed by atoms with Crippen LogP contribution in [0.5, 0.6) is 0 Å². The molecule has 0 saturated heterocycles. The van der Waals surface area contributed by atoms with Gasteiger partial charge in [-0.1, -0.05) is 37.8 Å². The Morgan fingerprint density at radius 2 is 1.67 bits per heavy atom. The zero-order valence-electron chi connectivity index (χ0n) is 7.96. The topological polar surface area (TPSA) is 0 Å². The third-order valence-electron chi connectivity index (χ3n) is 1.47. The maximum Gasteiger partial charge on any atom is -0.0271 e. The summed E-state index contributed by atoms with van der Waals surface area (Å²) >= 11 is 0. The second kappa shape index (κ2) is 3.72. The van der Waals surface area contributed by atoms with E-state index < -0.39 is 8.07 Å². The van der Waals surface area contributed by atoms with Gasteiger partial charge in [0.15, 0.2) is 0 Å². The van der Waals surface area contributed by atoms with Gasteiger partial charge < -0.3 is 0 Å². The molecule has 0 aliphatic carbocycles. The Morgan fingerprint density at radius 3 is 2.17 bits per heavy atom. The van der Waals surface area contributed by atoms with Crippen LogP contribution < -0.4 is 0 Å². The lowest BCUT2D eigenvalue weighted by atomic mass is 10.2. The van der Waals surface area contributed by atoms with Crippen molar-refractivity contribution in [2.45, 2.75) is 19.6 Å². The molecule has 0 spiro atoms. The molecular formula is C11H15Si-. The van der Waals surface area contributed by atoms with Crippen LogP contribution in [0.15, 0.2) is 30.3 Å². The summed E-state index contributed by atoms with van der Waals surface area (Å²) in [5.74, 6) is 0. The van der Waals surface area contributed by atoms with Crippen molar-refractivity contribution in [3.8, 4) is 0 Å². The summed E-state index contributed by atoms with van der Waals surface area (Å²) in [5.41, 5.74) is 4.70. The molecule has 0 aromatic heterocycles. The van der Waals surface area contributed by atoms with E-state index in [1.807, 2.05) is 6.07 Å². The molecule has 64 valence electrons. The molecule has 0 unspecified atom stereocenters. The van der Waals surface area contributed by atoms with Gasteiger partial charge in [-0.3, -0.25) is 5.70 Å². The molecular weight excluding hydrogens is 160 g/mol. The van der Waals surface area contributed by atoms with Gasteiger partial charge in [-0.2, -0.15) is 5.56 Å².